The molecule has 236 valence electrons. The Labute approximate surface area is 284 Å². The number of aliphatic hydroxyl groups excluding tert-OH is 1. The van der Waals surface area contributed by atoms with E-state index in [9.17, 15) is 10.2 Å². The van der Waals surface area contributed by atoms with Gasteiger partial charge in [-0.25, -0.2) is 0 Å². The first-order valence-electron chi connectivity index (χ1n) is 15.6. The second-order valence-electron chi connectivity index (χ2n) is 14.0. The number of halogens is 1. The van der Waals surface area contributed by atoms with E-state index in [0.29, 0.717) is 3.58 Å². The van der Waals surface area contributed by atoms with Gasteiger partial charge in [0.05, 0.1) is 12.7 Å². The summed E-state index contributed by atoms with van der Waals surface area (Å²) in [4.78, 5) is 0. The SMILES string of the molecule is CC(C)(C)[Si](O[C@H]1C=C(I)[C@@](O)(CO)[C@@H]1O[Si](c1ccccc1)(c1ccccc1)C(C)(C)C)(c1ccccc1)c1ccccc1. The van der Waals surface area contributed by atoms with Crippen molar-refractivity contribution in [2.45, 2.75) is 69.4 Å². The molecule has 0 radical (unpaired) electrons. The zero-order valence-corrected chi connectivity index (χ0v) is 31.2. The molecule has 0 aromatic heterocycles. The summed E-state index contributed by atoms with van der Waals surface area (Å²) in [5.74, 6) is 0. The normalized spacial score (nSPS) is 21.0. The summed E-state index contributed by atoms with van der Waals surface area (Å²) in [6.45, 7) is 12.9. The van der Waals surface area contributed by atoms with Gasteiger partial charge in [0.1, 0.15) is 11.7 Å². The highest BCUT2D eigenvalue weighted by molar-refractivity contribution is 14.1. The highest BCUT2D eigenvalue weighted by Gasteiger charge is 2.61. The van der Waals surface area contributed by atoms with Gasteiger partial charge in [-0.15, -0.1) is 0 Å². The highest BCUT2D eigenvalue weighted by Crippen LogP contribution is 2.47. The van der Waals surface area contributed by atoms with Gasteiger partial charge in [0.15, 0.2) is 0 Å². The zero-order valence-electron chi connectivity index (χ0n) is 27.1. The molecule has 45 heavy (non-hydrogen) atoms. The van der Waals surface area contributed by atoms with Gasteiger partial charge in [-0.2, -0.15) is 0 Å². The van der Waals surface area contributed by atoms with Gasteiger partial charge in [0.25, 0.3) is 16.6 Å². The molecule has 0 heterocycles. The molecule has 0 spiro atoms. The van der Waals surface area contributed by atoms with Gasteiger partial charge in [-0.3, -0.25) is 0 Å². The monoisotopic (exact) mass is 748 g/mol. The van der Waals surface area contributed by atoms with E-state index in [4.69, 9.17) is 8.85 Å². The molecular formula is C38H45IO4Si2. The van der Waals surface area contributed by atoms with Gasteiger partial charge >= 0.3 is 0 Å². The largest absolute Gasteiger partial charge is 0.398 e. The van der Waals surface area contributed by atoms with Crippen LogP contribution in [0.15, 0.2) is 131 Å². The average Bonchev–Trinajstić information content (AvgIpc) is 3.27. The molecule has 0 saturated heterocycles. The molecule has 2 N–H and O–H groups in total. The van der Waals surface area contributed by atoms with E-state index in [1.165, 1.54) is 0 Å². The van der Waals surface area contributed by atoms with E-state index < -0.39 is 41.1 Å². The van der Waals surface area contributed by atoms with Crippen LogP contribution in [0.4, 0.5) is 0 Å². The summed E-state index contributed by atoms with van der Waals surface area (Å²) in [5.41, 5.74) is -1.64. The summed E-state index contributed by atoms with van der Waals surface area (Å²) in [6.07, 6.45) is 0.503. The van der Waals surface area contributed by atoms with Crippen LogP contribution in [0.25, 0.3) is 0 Å². The molecule has 1 aliphatic carbocycles. The predicted molar refractivity (Wildman–Crippen MR) is 199 cm³/mol. The number of benzene rings is 4. The van der Waals surface area contributed by atoms with Crippen molar-refractivity contribution in [1.82, 2.24) is 0 Å². The predicted octanol–water partition coefficient (Wildman–Crippen LogP) is 5.93. The van der Waals surface area contributed by atoms with Crippen molar-refractivity contribution in [3.8, 4) is 0 Å². The Kier molecular flexibility index (Phi) is 9.83. The number of hydrogen-bond donors (Lipinski definition) is 2. The third-order valence-electron chi connectivity index (χ3n) is 9.18. The van der Waals surface area contributed by atoms with Crippen molar-refractivity contribution in [3.63, 3.8) is 0 Å². The van der Waals surface area contributed by atoms with Crippen LogP contribution in [0, 0.1) is 0 Å². The maximum absolute atomic E-state index is 12.4. The molecule has 7 heteroatoms. The molecule has 0 bridgehead atoms. The van der Waals surface area contributed by atoms with Crippen LogP contribution in [0.1, 0.15) is 41.5 Å². The Bertz CT molecular complexity index is 1510. The van der Waals surface area contributed by atoms with Crippen molar-refractivity contribution in [1.29, 1.82) is 0 Å². The molecule has 1 aliphatic rings. The first-order chi connectivity index (χ1) is 21.3. The topological polar surface area (TPSA) is 58.9 Å². The van der Waals surface area contributed by atoms with E-state index in [-0.39, 0.29) is 10.1 Å². The fourth-order valence-electron chi connectivity index (χ4n) is 6.99. The van der Waals surface area contributed by atoms with Gasteiger partial charge < -0.3 is 19.1 Å². The third kappa shape index (κ3) is 5.97. The Morgan fingerprint density at radius 2 is 0.911 bits per heavy atom. The van der Waals surface area contributed by atoms with Gasteiger partial charge in [0, 0.05) is 3.58 Å². The lowest BCUT2D eigenvalue weighted by atomic mass is 10.0. The van der Waals surface area contributed by atoms with E-state index in [2.05, 4.69) is 161 Å². The van der Waals surface area contributed by atoms with Gasteiger partial charge in [0.2, 0.25) is 0 Å². The molecule has 5 rings (SSSR count). The molecule has 0 fully saturated rings. The Hall–Kier alpha value is -2.38. The Morgan fingerprint density at radius 1 is 0.600 bits per heavy atom. The molecule has 0 unspecified atom stereocenters. The molecule has 0 aliphatic heterocycles. The van der Waals surface area contributed by atoms with E-state index >= 15 is 0 Å². The molecule has 0 saturated carbocycles. The fraction of sp³-hybridized carbons (Fsp3) is 0.316. The molecular weight excluding hydrogens is 703 g/mol. The molecule has 3 atom stereocenters. The molecule has 4 aromatic rings. The number of hydrogen-bond acceptors (Lipinski definition) is 4. The van der Waals surface area contributed by atoms with Crippen LogP contribution < -0.4 is 20.7 Å². The summed E-state index contributed by atoms with van der Waals surface area (Å²) in [6, 6.07) is 41.9. The lowest BCUT2D eigenvalue weighted by Gasteiger charge is -2.50. The average molecular weight is 749 g/mol. The van der Waals surface area contributed by atoms with Crippen LogP contribution in [-0.4, -0.2) is 51.3 Å². The molecule has 4 nitrogen and oxygen atoms in total. The minimum atomic E-state index is -3.14. The quantitative estimate of drug-likeness (QED) is 0.165. The molecule has 4 aromatic carbocycles. The maximum Gasteiger partial charge on any atom is 0.262 e. The maximum atomic E-state index is 12.4. The van der Waals surface area contributed by atoms with Crippen LogP contribution in [0.2, 0.25) is 10.1 Å². The Balaban J connectivity index is 1.75. The summed E-state index contributed by atoms with van der Waals surface area (Å²) in [5, 5.41) is 27.2. The number of aliphatic hydroxyl groups is 2. The molecule has 0 amide bonds. The minimum absolute atomic E-state index is 0.281. The lowest BCUT2D eigenvalue weighted by molar-refractivity contribution is -0.0841. The van der Waals surface area contributed by atoms with Crippen molar-refractivity contribution < 1.29 is 19.1 Å². The van der Waals surface area contributed by atoms with Gasteiger partial charge in [-0.1, -0.05) is 163 Å². The highest BCUT2D eigenvalue weighted by atomic mass is 127. The lowest BCUT2D eigenvalue weighted by Crippen LogP contribution is -2.72. The van der Waals surface area contributed by atoms with Crippen molar-refractivity contribution >= 4 is 60.0 Å². The second kappa shape index (κ2) is 13.0. The van der Waals surface area contributed by atoms with E-state index in [0.717, 1.165) is 20.7 Å². The first kappa shape index (κ1) is 34.0. The minimum Gasteiger partial charge on any atom is -0.398 e. The summed E-state index contributed by atoms with van der Waals surface area (Å²) < 4.78 is 15.9. The van der Waals surface area contributed by atoms with Crippen LogP contribution >= 0.6 is 22.6 Å². The third-order valence-corrected chi connectivity index (χ3v) is 20.5. The zero-order chi connectivity index (χ0) is 32.5. The van der Waals surface area contributed by atoms with Crippen molar-refractivity contribution in [2.75, 3.05) is 6.61 Å². The standard InChI is InChI=1S/C38H45IO4Si2/c1-36(2,3)44(29-19-11-7-12-20-29,30-21-13-8-14-22-30)42-33-27-34(39)38(41,28-40)35(33)43-45(37(4,5)6,31-23-15-9-16-24-31)32-25-17-10-18-26-32/h7-27,33,35,40-41H,28H2,1-6H3/t33-,35+,38-/m0/s1. The number of rotatable bonds is 9. The Morgan fingerprint density at radius 3 is 1.20 bits per heavy atom. The fourth-order valence-corrected chi connectivity index (χ4v) is 17.2. The van der Waals surface area contributed by atoms with Crippen LogP contribution in [0.3, 0.4) is 0 Å². The van der Waals surface area contributed by atoms with Gasteiger partial charge in [-0.05, 0) is 59.5 Å². The van der Waals surface area contributed by atoms with Crippen LogP contribution in [0.5, 0.6) is 0 Å². The van der Waals surface area contributed by atoms with Crippen molar-refractivity contribution in [2.24, 2.45) is 0 Å². The van der Waals surface area contributed by atoms with Crippen molar-refractivity contribution in [3.05, 3.63) is 131 Å². The first-order valence-corrected chi connectivity index (χ1v) is 20.5. The van der Waals surface area contributed by atoms with E-state index in [1.807, 2.05) is 30.3 Å². The second-order valence-corrected chi connectivity index (χ2v) is 23.7. The van der Waals surface area contributed by atoms with E-state index in [1.54, 1.807) is 0 Å². The van der Waals surface area contributed by atoms with Crippen LogP contribution in [-0.2, 0) is 8.85 Å². The smallest absolute Gasteiger partial charge is 0.262 e. The summed E-state index contributed by atoms with van der Waals surface area (Å²) >= 11 is 2.17. The summed E-state index contributed by atoms with van der Waals surface area (Å²) in [7, 11) is -6.19.